The van der Waals surface area contributed by atoms with Crippen molar-refractivity contribution in [2.75, 3.05) is 0 Å². The van der Waals surface area contributed by atoms with E-state index < -0.39 is 10.0 Å². The van der Waals surface area contributed by atoms with Gasteiger partial charge in [-0.15, -0.1) is 0 Å². The molecule has 1 rings (SSSR count). The van der Waals surface area contributed by atoms with Gasteiger partial charge in [0.2, 0.25) is 10.0 Å². The predicted octanol–water partition coefficient (Wildman–Crippen LogP) is 2.57. The van der Waals surface area contributed by atoms with Crippen molar-refractivity contribution < 1.29 is 13.2 Å². The van der Waals surface area contributed by atoms with Gasteiger partial charge in [-0.3, -0.25) is 4.79 Å². The molecule has 1 aromatic rings. The van der Waals surface area contributed by atoms with Crippen molar-refractivity contribution in [3.63, 3.8) is 0 Å². The van der Waals surface area contributed by atoms with Crippen LogP contribution in [0.2, 0.25) is 0 Å². The Hall–Kier alpha value is -0.920. The Kier molecular flexibility index (Phi) is 5.23. The van der Waals surface area contributed by atoms with E-state index in [4.69, 9.17) is 5.14 Å². The Morgan fingerprint density at radius 3 is 2.29 bits per heavy atom. The van der Waals surface area contributed by atoms with E-state index in [1.165, 1.54) is 6.07 Å². The number of halogens is 1. The number of nitrogens with one attached hydrogen (secondary N) is 1. The SMILES string of the molecule is Cc1c(C(=O)NC(C)C(C)(C)C)cc(Br)cc1S(N)(=O)=O. The second kappa shape index (κ2) is 6.06. The molecular formula is C14H21BrN2O3S. The van der Waals surface area contributed by atoms with Crippen LogP contribution in [0.25, 0.3) is 0 Å². The third kappa shape index (κ3) is 4.52. The molecule has 0 aromatic heterocycles. The fourth-order valence-electron chi connectivity index (χ4n) is 1.68. The summed E-state index contributed by atoms with van der Waals surface area (Å²) in [5, 5.41) is 8.07. The highest BCUT2D eigenvalue weighted by molar-refractivity contribution is 9.10. The monoisotopic (exact) mass is 376 g/mol. The van der Waals surface area contributed by atoms with Gasteiger partial charge >= 0.3 is 0 Å². The minimum atomic E-state index is -3.88. The molecule has 0 aliphatic heterocycles. The van der Waals surface area contributed by atoms with Crippen molar-refractivity contribution in [1.82, 2.24) is 5.32 Å². The zero-order valence-corrected chi connectivity index (χ0v) is 15.2. The third-order valence-corrected chi connectivity index (χ3v) is 5.02. The maximum absolute atomic E-state index is 12.4. The number of carbonyl (C=O) groups is 1. The lowest BCUT2D eigenvalue weighted by Gasteiger charge is -2.28. The van der Waals surface area contributed by atoms with Gasteiger partial charge in [0, 0.05) is 16.1 Å². The van der Waals surface area contributed by atoms with E-state index in [1.807, 2.05) is 27.7 Å². The van der Waals surface area contributed by atoms with Gasteiger partial charge in [0.05, 0.1) is 4.90 Å². The second-order valence-corrected chi connectivity index (χ2v) is 8.63. The van der Waals surface area contributed by atoms with E-state index in [1.54, 1.807) is 13.0 Å². The van der Waals surface area contributed by atoms with Gasteiger partial charge in [0.15, 0.2) is 0 Å². The van der Waals surface area contributed by atoms with Crippen LogP contribution in [0.4, 0.5) is 0 Å². The highest BCUT2D eigenvalue weighted by Gasteiger charge is 2.24. The second-order valence-electron chi connectivity index (χ2n) is 6.18. The van der Waals surface area contributed by atoms with Crippen LogP contribution in [0.15, 0.2) is 21.5 Å². The van der Waals surface area contributed by atoms with Gasteiger partial charge in [-0.2, -0.15) is 0 Å². The lowest BCUT2D eigenvalue weighted by Crippen LogP contribution is -2.41. The molecule has 118 valence electrons. The Labute approximate surface area is 134 Å². The first-order valence-corrected chi connectivity index (χ1v) is 8.81. The molecule has 5 nitrogen and oxygen atoms in total. The Morgan fingerprint density at radius 2 is 1.86 bits per heavy atom. The maximum Gasteiger partial charge on any atom is 0.251 e. The molecule has 0 heterocycles. The standard InChI is InChI=1S/C14H21BrN2O3S/c1-8-11(13(18)17-9(2)14(3,4)5)6-10(15)7-12(8)21(16,19)20/h6-7,9H,1-5H3,(H,17,18)(H2,16,19,20). The fraction of sp³-hybridized carbons (Fsp3) is 0.500. The van der Waals surface area contributed by atoms with Gasteiger partial charge in [-0.25, -0.2) is 13.6 Å². The van der Waals surface area contributed by atoms with Gasteiger partial charge in [-0.1, -0.05) is 36.7 Å². The Morgan fingerprint density at radius 1 is 1.33 bits per heavy atom. The highest BCUT2D eigenvalue weighted by Crippen LogP contribution is 2.25. The molecule has 0 saturated heterocycles. The average molecular weight is 377 g/mol. The molecule has 0 fully saturated rings. The molecule has 1 aromatic carbocycles. The van der Waals surface area contributed by atoms with Crippen molar-refractivity contribution >= 4 is 31.9 Å². The summed E-state index contributed by atoms with van der Waals surface area (Å²) in [4.78, 5) is 12.3. The summed E-state index contributed by atoms with van der Waals surface area (Å²) in [6.45, 7) is 9.53. The molecule has 7 heteroatoms. The summed E-state index contributed by atoms with van der Waals surface area (Å²) < 4.78 is 23.7. The largest absolute Gasteiger partial charge is 0.349 e. The molecule has 3 N–H and O–H groups in total. The van der Waals surface area contributed by atoms with Crippen molar-refractivity contribution in [3.05, 3.63) is 27.7 Å². The number of sulfonamides is 1. The fourth-order valence-corrected chi connectivity index (χ4v) is 3.11. The quantitative estimate of drug-likeness (QED) is 0.849. The topological polar surface area (TPSA) is 89.3 Å². The van der Waals surface area contributed by atoms with Gasteiger partial charge in [0.1, 0.15) is 0 Å². The number of nitrogens with two attached hydrogens (primary N) is 1. The van der Waals surface area contributed by atoms with E-state index in [9.17, 15) is 13.2 Å². The number of benzene rings is 1. The summed E-state index contributed by atoms with van der Waals surface area (Å²) in [6.07, 6.45) is 0. The smallest absolute Gasteiger partial charge is 0.251 e. The van der Waals surface area contributed by atoms with E-state index in [2.05, 4.69) is 21.2 Å². The number of hydrogen-bond acceptors (Lipinski definition) is 3. The van der Waals surface area contributed by atoms with Crippen molar-refractivity contribution in [2.45, 2.75) is 45.6 Å². The summed E-state index contributed by atoms with van der Waals surface area (Å²) in [7, 11) is -3.88. The van der Waals surface area contributed by atoms with Crippen LogP contribution in [-0.4, -0.2) is 20.4 Å². The summed E-state index contributed by atoms with van der Waals surface area (Å²) in [5.74, 6) is -0.318. The van der Waals surface area contributed by atoms with Crippen LogP contribution < -0.4 is 10.5 Å². The van der Waals surface area contributed by atoms with Gasteiger partial charge in [0.25, 0.3) is 5.91 Å². The minimum absolute atomic E-state index is 0.0505. The molecule has 0 saturated carbocycles. The zero-order valence-electron chi connectivity index (χ0n) is 12.8. The highest BCUT2D eigenvalue weighted by atomic mass is 79.9. The number of hydrogen-bond donors (Lipinski definition) is 2. The van der Waals surface area contributed by atoms with Gasteiger partial charge < -0.3 is 5.32 Å². The van der Waals surface area contributed by atoms with Gasteiger partial charge in [-0.05, 0) is 37.0 Å². The zero-order chi connectivity index (χ0) is 16.6. The molecule has 0 aliphatic carbocycles. The summed E-state index contributed by atoms with van der Waals surface area (Å²) >= 11 is 3.21. The Bertz CT molecular complexity index is 664. The minimum Gasteiger partial charge on any atom is -0.349 e. The molecule has 0 radical (unpaired) electrons. The van der Waals surface area contributed by atoms with E-state index in [-0.39, 0.29) is 22.3 Å². The molecule has 1 amide bonds. The molecule has 1 atom stereocenters. The molecule has 1 unspecified atom stereocenters. The van der Waals surface area contributed by atoms with Crippen LogP contribution in [0.1, 0.15) is 43.6 Å². The molecule has 0 spiro atoms. The van der Waals surface area contributed by atoms with Crippen LogP contribution in [0, 0.1) is 12.3 Å². The molecule has 0 bridgehead atoms. The first-order chi connectivity index (χ1) is 9.34. The molecule has 0 aliphatic rings. The normalized spacial score (nSPS) is 13.9. The Balaban J connectivity index is 3.26. The first-order valence-electron chi connectivity index (χ1n) is 6.48. The van der Waals surface area contributed by atoms with E-state index >= 15 is 0 Å². The van der Waals surface area contributed by atoms with Crippen LogP contribution >= 0.6 is 15.9 Å². The summed E-state index contributed by atoms with van der Waals surface area (Å²) in [5.41, 5.74) is 0.544. The van der Waals surface area contributed by atoms with Crippen LogP contribution in [-0.2, 0) is 10.0 Å². The van der Waals surface area contributed by atoms with Crippen LogP contribution in [0.3, 0.4) is 0 Å². The number of rotatable bonds is 3. The van der Waals surface area contributed by atoms with E-state index in [0.717, 1.165) is 0 Å². The summed E-state index contributed by atoms with van der Waals surface area (Å²) in [6, 6.07) is 2.92. The third-order valence-electron chi connectivity index (χ3n) is 3.52. The first kappa shape index (κ1) is 18.1. The number of amides is 1. The lowest BCUT2D eigenvalue weighted by molar-refractivity contribution is 0.0909. The average Bonchev–Trinajstić information content (AvgIpc) is 2.28. The predicted molar refractivity (Wildman–Crippen MR) is 86.6 cm³/mol. The molecular weight excluding hydrogens is 356 g/mol. The van der Waals surface area contributed by atoms with Crippen LogP contribution in [0.5, 0.6) is 0 Å². The molecule has 21 heavy (non-hydrogen) atoms. The number of carbonyl (C=O) groups excluding carboxylic acids is 1. The maximum atomic E-state index is 12.4. The van der Waals surface area contributed by atoms with Crippen molar-refractivity contribution in [1.29, 1.82) is 0 Å². The lowest BCUT2D eigenvalue weighted by atomic mass is 9.88. The van der Waals surface area contributed by atoms with Crippen molar-refractivity contribution in [3.8, 4) is 0 Å². The van der Waals surface area contributed by atoms with Crippen molar-refractivity contribution in [2.24, 2.45) is 10.6 Å². The van der Waals surface area contributed by atoms with E-state index in [0.29, 0.717) is 15.6 Å². The number of primary sulfonamides is 1.